The monoisotopic (exact) mass is 294 g/mol. The van der Waals surface area contributed by atoms with Crippen molar-refractivity contribution in [1.29, 1.82) is 0 Å². The lowest BCUT2D eigenvalue weighted by atomic mass is 10.1. The highest BCUT2D eigenvalue weighted by molar-refractivity contribution is 8.77. The van der Waals surface area contributed by atoms with E-state index in [2.05, 4.69) is 17.1 Å². The molecule has 0 aromatic rings. The topological polar surface area (TPSA) is 41.1 Å². The molecule has 0 aromatic carbocycles. The van der Waals surface area contributed by atoms with E-state index in [-0.39, 0.29) is 5.91 Å². The average Bonchev–Trinajstić information content (AvgIpc) is 2.83. The van der Waals surface area contributed by atoms with E-state index < -0.39 is 0 Å². The summed E-state index contributed by atoms with van der Waals surface area (Å²) < 4.78 is 0. The first-order valence-corrected chi connectivity index (χ1v) is 10.2. The summed E-state index contributed by atoms with van der Waals surface area (Å²) >= 11 is 0. The van der Waals surface area contributed by atoms with Gasteiger partial charge in [0.15, 0.2) is 0 Å². The first-order chi connectivity index (χ1) is 8.33. The number of nitrogens with one attached hydrogen (secondary N) is 2. The third-order valence-corrected chi connectivity index (χ3v) is 6.27. The average molecular weight is 294 g/mol. The summed E-state index contributed by atoms with van der Waals surface area (Å²) in [6.45, 7) is 3.74. The zero-order valence-corrected chi connectivity index (χ0v) is 13.1. The van der Waals surface area contributed by atoms with Gasteiger partial charge in [-0.15, -0.1) is 0 Å². The molecule has 1 fully saturated rings. The number of amides is 1. The Labute approximate surface area is 114 Å². The molecule has 3 nitrogen and oxygen atoms in total. The van der Waals surface area contributed by atoms with E-state index in [0.717, 1.165) is 33.5 Å². The predicted octanol–water partition coefficient (Wildman–Crippen LogP) is 2.63. The Kier molecular flexibility index (Phi) is 9.63. The summed E-state index contributed by atoms with van der Waals surface area (Å²) in [5, 5.41) is 7.00. The lowest BCUT2D eigenvalue weighted by Crippen LogP contribution is -2.29. The predicted molar refractivity (Wildman–Crippen MR) is 82.2 cm³/mol. The Morgan fingerprint density at radius 3 is 3.00 bits per heavy atom. The lowest BCUT2D eigenvalue weighted by molar-refractivity contribution is -0.121. The van der Waals surface area contributed by atoms with Gasteiger partial charge in [0.2, 0.25) is 5.91 Å². The Bertz CT molecular complexity index is 214. The van der Waals surface area contributed by atoms with Gasteiger partial charge in [-0.05, 0) is 25.9 Å². The molecule has 17 heavy (non-hydrogen) atoms. The second-order valence-corrected chi connectivity index (χ2v) is 7.74. The SMILES string of the molecule is CPNCCNC(=O)CCCCC1CCSS1. The standard InChI is InChI=1S/C11H23N2OPS2/c1-15-13-8-7-12-11(14)5-3-2-4-10-6-9-16-17-10/h10,13,15H,2-9H2,1H3,(H,12,14). The third-order valence-electron chi connectivity index (χ3n) is 2.66. The van der Waals surface area contributed by atoms with Crippen LogP contribution in [0.25, 0.3) is 0 Å². The molecule has 2 N–H and O–H groups in total. The van der Waals surface area contributed by atoms with Crippen LogP contribution in [0.15, 0.2) is 0 Å². The van der Waals surface area contributed by atoms with Crippen LogP contribution >= 0.6 is 30.3 Å². The van der Waals surface area contributed by atoms with Crippen molar-refractivity contribution in [3.63, 3.8) is 0 Å². The lowest BCUT2D eigenvalue weighted by Gasteiger charge is -2.07. The van der Waals surface area contributed by atoms with Crippen LogP contribution in [-0.2, 0) is 4.79 Å². The largest absolute Gasteiger partial charge is 0.355 e. The molecule has 0 aliphatic carbocycles. The highest BCUT2D eigenvalue weighted by atomic mass is 33.1. The minimum Gasteiger partial charge on any atom is -0.355 e. The molecule has 1 rings (SSSR count). The number of hydrogen-bond donors (Lipinski definition) is 2. The van der Waals surface area contributed by atoms with E-state index in [0.29, 0.717) is 6.42 Å². The van der Waals surface area contributed by atoms with Crippen LogP contribution < -0.4 is 10.4 Å². The number of hydrogen-bond acceptors (Lipinski definition) is 4. The zero-order valence-electron chi connectivity index (χ0n) is 10.5. The Morgan fingerprint density at radius 1 is 1.41 bits per heavy atom. The van der Waals surface area contributed by atoms with E-state index >= 15 is 0 Å². The number of rotatable bonds is 9. The van der Waals surface area contributed by atoms with Crippen LogP contribution in [0, 0.1) is 0 Å². The van der Waals surface area contributed by atoms with Gasteiger partial charge in [0, 0.05) is 30.5 Å². The maximum atomic E-state index is 11.5. The van der Waals surface area contributed by atoms with Crippen molar-refractivity contribution in [3.05, 3.63) is 0 Å². The second-order valence-electron chi connectivity index (χ2n) is 4.10. The normalized spacial score (nSPS) is 20.2. The molecule has 6 heteroatoms. The van der Waals surface area contributed by atoms with Crippen LogP contribution in [0.4, 0.5) is 0 Å². The first-order valence-electron chi connectivity index (χ1n) is 6.27. The Morgan fingerprint density at radius 2 is 2.29 bits per heavy atom. The highest BCUT2D eigenvalue weighted by Crippen LogP contribution is 2.39. The molecule has 100 valence electrons. The molecule has 1 saturated heterocycles. The Hall–Kier alpha value is 0.560. The fraction of sp³-hybridized carbons (Fsp3) is 0.909. The van der Waals surface area contributed by atoms with E-state index in [1.807, 2.05) is 21.6 Å². The van der Waals surface area contributed by atoms with E-state index in [9.17, 15) is 4.79 Å². The van der Waals surface area contributed by atoms with Crippen molar-refractivity contribution in [1.82, 2.24) is 10.4 Å². The molecule has 1 aliphatic heterocycles. The number of carbonyl (C=O) groups is 1. The summed E-state index contributed by atoms with van der Waals surface area (Å²) in [6.07, 6.45) is 5.56. The van der Waals surface area contributed by atoms with Crippen molar-refractivity contribution in [3.8, 4) is 0 Å². The maximum absolute atomic E-state index is 11.5. The van der Waals surface area contributed by atoms with Gasteiger partial charge < -0.3 is 5.32 Å². The second kappa shape index (κ2) is 10.5. The molecular weight excluding hydrogens is 271 g/mol. The van der Waals surface area contributed by atoms with Crippen LogP contribution in [-0.4, -0.2) is 36.7 Å². The van der Waals surface area contributed by atoms with Gasteiger partial charge in [0.1, 0.15) is 0 Å². The van der Waals surface area contributed by atoms with E-state index in [4.69, 9.17) is 0 Å². The van der Waals surface area contributed by atoms with Crippen molar-refractivity contribution in [2.45, 2.75) is 37.4 Å². The van der Waals surface area contributed by atoms with Crippen molar-refractivity contribution < 1.29 is 4.79 Å². The molecule has 1 amide bonds. The molecule has 0 aromatic heterocycles. The Balaban J connectivity index is 1.85. The summed E-state index contributed by atoms with van der Waals surface area (Å²) in [5.41, 5.74) is 0. The van der Waals surface area contributed by atoms with E-state index in [1.54, 1.807) is 0 Å². The zero-order chi connectivity index (χ0) is 12.3. The first kappa shape index (κ1) is 15.6. The maximum Gasteiger partial charge on any atom is 0.220 e. The minimum atomic E-state index is 0.208. The summed E-state index contributed by atoms with van der Waals surface area (Å²) in [5.74, 6) is 1.51. The van der Waals surface area contributed by atoms with Crippen molar-refractivity contribution in [2.24, 2.45) is 0 Å². The van der Waals surface area contributed by atoms with Crippen LogP contribution in [0.2, 0.25) is 0 Å². The molecule has 0 radical (unpaired) electrons. The molecule has 1 heterocycles. The molecule has 0 saturated carbocycles. The van der Waals surface area contributed by atoms with Gasteiger partial charge in [0.25, 0.3) is 0 Å². The number of carbonyl (C=O) groups excluding carboxylic acids is 1. The highest BCUT2D eigenvalue weighted by Gasteiger charge is 2.15. The van der Waals surface area contributed by atoms with Crippen molar-refractivity contribution >= 4 is 36.2 Å². The summed E-state index contributed by atoms with van der Waals surface area (Å²) in [6, 6.07) is 0. The smallest absolute Gasteiger partial charge is 0.220 e. The number of unbranched alkanes of at least 4 members (excludes halogenated alkanes) is 1. The molecule has 0 bridgehead atoms. The van der Waals surface area contributed by atoms with Gasteiger partial charge in [-0.1, -0.05) is 36.7 Å². The molecule has 2 atom stereocenters. The third kappa shape index (κ3) is 8.30. The molecular formula is C11H23N2OPS2. The summed E-state index contributed by atoms with van der Waals surface area (Å²) in [4.78, 5) is 11.5. The van der Waals surface area contributed by atoms with E-state index in [1.165, 1.54) is 25.0 Å². The minimum absolute atomic E-state index is 0.208. The van der Waals surface area contributed by atoms with Gasteiger partial charge in [-0.2, -0.15) is 0 Å². The van der Waals surface area contributed by atoms with Crippen molar-refractivity contribution in [2.75, 3.05) is 25.5 Å². The fourth-order valence-corrected chi connectivity index (χ4v) is 5.10. The van der Waals surface area contributed by atoms with Gasteiger partial charge in [-0.25, -0.2) is 0 Å². The quantitative estimate of drug-likeness (QED) is 0.390. The van der Waals surface area contributed by atoms with Gasteiger partial charge in [0.05, 0.1) is 0 Å². The van der Waals surface area contributed by atoms with Gasteiger partial charge >= 0.3 is 0 Å². The van der Waals surface area contributed by atoms with Gasteiger partial charge in [-0.3, -0.25) is 9.88 Å². The van der Waals surface area contributed by atoms with Crippen LogP contribution in [0.3, 0.4) is 0 Å². The fourth-order valence-electron chi connectivity index (χ4n) is 1.70. The molecule has 0 spiro atoms. The van der Waals surface area contributed by atoms with Crippen LogP contribution in [0.5, 0.6) is 0 Å². The molecule has 1 aliphatic rings. The summed E-state index contributed by atoms with van der Waals surface area (Å²) in [7, 11) is 4.78. The van der Waals surface area contributed by atoms with Crippen LogP contribution in [0.1, 0.15) is 32.1 Å². The molecule has 2 unspecified atom stereocenters.